The summed E-state index contributed by atoms with van der Waals surface area (Å²) < 4.78 is 16.0. The van der Waals surface area contributed by atoms with E-state index < -0.39 is 8.93 Å². The molecule has 1 heterocycles. The van der Waals surface area contributed by atoms with Gasteiger partial charge in [0, 0.05) is 0 Å². The average molecular weight is 282 g/mol. The molecule has 0 amide bonds. The number of carbonyl (C=O) groups is 1. The molecular weight excluding hydrogens is 256 g/mol. The van der Waals surface area contributed by atoms with Gasteiger partial charge in [-0.15, -0.1) is 0 Å². The van der Waals surface area contributed by atoms with Gasteiger partial charge >= 0.3 is 8.93 Å². The van der Waals surface area contributed by atoms with Crippen LogP contribution in [0.25, 0.3) is 0 Å². The first-order chi connectivity index (χ1) is 9.24. The molecule has 1 aliphatic rings. The first kappa shape index (κ1) is 16.3. The maximum atomic E-state index is 11.4. The molecule has 0 saturated carbocycles. The van der Waals surface area contributed by atoms with Crippen molar-refractivity contribution in [2.24, 2.45) is 0 Å². The van der Waals surface area contributed by atoms with Crippen LogP contribution in [-0.2, 0) is 13.7 Å². The highest BCUT2D eigenvalue weighted by Gasteiger charge is 2.33. The summed E-state index contributed by atoms with van der Waals surface area (Å²) in [6, 6.07) is 0. The Morgan fingerprint density at radius 3 is 2.37 bits per heavy atom. The van der Waals surface area contributed by atoms with Crippen LogP contribution in [0.4, 0.5) is 0 Å². The fourth-order valence-corrected chi connectivity index (χ4v) is 3.38. The SMILES string of the molecule is CCCCCCCCCC/C=C/C1CC(=O)O[Si]1=O. The van der Waals surface area contributed by atoms with Crippen molar-refractivity contribution in [3.8, 4) is 0 Å². The molecule has 1 rings (SSSR count). The first-order valence-corrected chi connectivity index (χ1v) is 9.04. The quantitative estimate of drug-likeness (QED) is 0.341. The summed E-state index contributed by atoms with van der Waals surface area (Å²) in [6.07, 6.45) is 15.8. The van der Waals surface area contributed by atoms with Gasteiger partial charge < -0.3 is 8.89 Å². The predicted octanol–water partition coefficient (Wildman–Crippen LogP) is 4.31. The summed E-state index contributed by atoms with van der Waals surface area (Å²) in [7, 11) is -2.14. The third-order valence-electron chi connectivity index (χ3n) is 3.50. The Hall–Kier alpha value is -0.773. The molecule has 0 radical (unpaired) electrons. The zero-order chi connectivity index (χ0) is 13.9. The van der Waals surface area contributed by atoms with Crippen molar-refractivity contribution in [1.29, 1.82) is 0 Å². The second kappa shape index (κ2) is 10.1. The van der Waals surface area contributed by atoms with Gasteiger partial charge in [-0.05, 0) is 12.8 Å². The Bertz CT molecular complexity index is 313. The highest BCUT2D eigenvalue weighted by atomic mass is 28.3. The number of hydrogen-bond donors (Lipinski definition) is 0. The second-order valence-corrected chi connectivity index (χ2v) is 6.88. The molecule has 0 N–H and O–H groups in total. The summed E-state index contributed by atoms with van der Waals surface area (Å²) in [5.74, 6) is -0.314. The summed E-state index contributed by atoms with van der Waals surface area (Å²) in [5, 5.41) is 0. The van der Waals surface area contributed by atoms with E-state index in [2.05, 4.69) is 17.4 Å². The summed E-state index contributed by atoms with van der Waals surface area (Å²) in [6.45, 7) is 2.24. The second-order valence-electron chi connectivity index (χ2n) is 5.30. The molecular formula is C15H26O3Si. The third-order valence-corrected chi connectivity index (χ3v) is 4.93. The molecule has 3 nitrogen and oxygen atoms in total. The minimum atomic E-state index is -2.14. The molecule has 0 aromatic carbocycles. The van der Waals surface area contributed by atoms with Gasteiger partial charge in [0.25, 0.3) is 5.97 Å². The smallest absolute Gasteiger partial charge is 0.459 e. The van der Waals surface area contributed by atoms with Crippen LogP contribution in [0.1, 0.15) is 71.1 Å². The average Bonchev–Trinajstić information content (AvgIpc) is 2.70. The minimum Gasteiger partial charge on any atom is -0.459 e. The van der Waals surface area contributed by atoms with E-state index in [1.54, 1.807) is 0 Å². The molecule has 4 heteroatoms. The van der Waals surface area contributed by atoms with Crippen LogP contribution in [0.15, 0.2) is 12.2 Å². The summed E-state index contributed by atoms with van der Waals surface area (Å²) in [5.41, 5.74) is -0.147. The minimum absolute atomic E-state index is 0.147. The topological polar surface area (TPSA) is 43.4 Å². The predicted molar refractivity (Wildman–Crippen MR) is 77.3 cm³/mol. The van der Waals surface area contributed by atoms with Crippen LogP contribution in [0.3, 0.4) is 0 Å². The first-order valence-electron chi connectivity index (χ1n) is 7.65. The number of carbonyl (C=O) groups excluding carboxylic acids is 1. The lowest BCUT2D eigenvalue weighted by Gasteiger charge is -2.00. The Morgan fingerprint density at radius 1 is 1.16 bits per heavy atom. The normalized spacial score (nSPS) is 19.3. The molecule has 0 bridgehead atoms. The van der Waals surface area contributed by atoms with E-state index in [4.69, 9.17) is 0 Å². The van der Waals surface area contributed by atoms with E-state index in [0.717, 1.165) is 6.42 Å². The van der Waals surface area contributed by atoms with Crippen molar-refractivity contribution in [2.75, 3.05) is 0 Å². The molecule has 1 fully saturated rings. The molecule has 19 heavy (non-hydrogen) atoms. The molecule has 1 aliphatic heterocycles. The largest absolute Gasteiger partial charge is 0.517 e. The molecule has 0 spiro atoms. The number of unbranched alkanes of at least 4 members (excludes halogenated alkanes) is 8. The van der Waals surface area contributed by atoms with Crippen LogP contribution in [0, 0.1) is 0 Å². The molecule has 0 aromatic rings. The molecule has 0 aliphatic carbocycles. The van der Waals surface area contributed by atoms with Crippen molar-refractivity contribution in [2.45, 2.75) is 76.7 Å². The van der Waals surface area contributed by atoms with Gasteiger partial charge in [0.2, 0.25) is 0 Å². The lowest BCUT2D eigenvalue weighted by molar-refractivity contribution is -0.132. The van der Waals surface area contributed by atoms with E-state index in [0.29, 0.717) is 6.42 Å². The number of hydrogen-bond acceptors (Lipinski definition) is 3. The maximum absolute atomic E-state index is 11.4. The van der Waals surface area contributed by atoms with E-state index >= 15 is 0 Å². The monoisotopic (exact) mass is 282 g/mol. The standard InChI is InChI=1S/C15H26O3Si/c1-2-3-4-5-6-7-8-9-10-11-12-14-13-15(16)18-19(14)17/h11-12,14H,2-10,13H2,1H3/b12-11+. The van der Waals surface area contributed by atoms with Crippen LogP contribution in [-0.4, -0.2) is 14.9 Å². The van der Waals surface area contributed by atoms with Gasteiger partial charge in [0.05, 0.1) is 12.0 Å². The van der Waals surface area contributed by atoms with Crippen molar-refractivity contribution in [3.63, 3.8) is 0 Å². The van der Waals surface area contributed by atoms with Crippen molar-refractivity contribution < 1.29 is 13.7 Å². The van der Waals surface area contributed by atoms with E-state index in [9.17, 15) is 9.26 Å². The van der Waals surface area contributed by atoms with Crippen molar-refractivity contribution in [1.82, 2.24) is 0 Å². The Labute approximate surface area is 118 Å². The Kier molecular flexibility index (Phi) is 8.63. The van der Waals surface area contributed by atoms with Crippen LogP contribution >= 0.6 is 0 Å². The van der Waals surface area contributed by atoms with Gasteiger partial charge in [0.1, 0.15) is 0 Å². The van der Waals surface area contributed by atoms with Crippen LogP contribution < -0.4 is 0 Å². The Balaban J connectivity index is 1.93. The van der Waals surface area contributed by atoms with Gasteiger partial charge in [-0.2, -0.15) is 0 Å². The zero-order valence-corrected chi connectivity index (χ0v) is 13.0. The lowest BCUT2D eigenvalue weighted by atomic mass is 10.1. The Morgan fingerprint density at radius 2 is 1.79 bits per heavy atom. The van der Waals surface area contributed by atoms with Crippen LogP contribution in [0.5, 0.6) is 0 Å². The summed E-state index contributed by atoms with van der Waals surface area (Å²) in [4.78, 5) is 10.9. The van der Waals surface area contributed by atoms with Gasteiger partial charge in [-0.25, -0.2) is 0 Å². The molecule has 1 unspecified atom stereocenters. The molecule has 1 saturated heterocycles. The van der Waals surface area contributed by atoms with E-state index in [1.807, 2.05) is 6.08 Å². The maximum Gasteiger partial charge on any atom is 0.517 e. The van der Waals surface area contributed by atoms with Gasteiger partial charge in [0.15, 0.2) is 0 Å². The zero-order valence-electron chi connectivity index (χ0n) is 12.0. The van der Waals surface area contributed by atoms with Gasteiger partial charge in [-0.3, -0.25) is 4.79 Å². The summed E-state index contributed by atoms with van der Waals surface area (Å²) >= 11 is 0. The number of allylic oxidation sites excluding steroid dienone is 2. The molecule has 0 aromatic heterocycles. The lowest BCUT2D eigenvalue weighted by Crippen LogP contribution is -2.02. The fraction of sp³-hybridized carbons (Fsp3) is 0.800. The molecule has 108 valence electrons. The third kappa shape index (κ3) is 7.40. The molecule has 1 atom stereocenters. The highest BCUT2D eigenvalue weighted by Crippen LogP contribution is 2.22. The highest BCUT2D eigenvalue weighted by molar-refractivity contribution is 6.43. The van der Waals surface area contributed by atoms with Gasteiger partial charge in [-0.1, -0.05) is 64.0 Å². The van der Waals surface area contributed by atoms with Crippen LogP contribution in [0.2, 0.25) is 5.54 Å². The number of rotatable bonds is 10. The van der Waals surface area contributed by atoms with E-state index in [1.165, 1.54) is 51.4 Å². The van der Waals surface area contributed by atoms with E-state index in [-0.39, 0.29) is 11.5 Å². The van der Waals surface area contributed by atoms with Crippen molar-refractivity contribution in [3.05, 3.63) is 12.2 Å². The fourth-order valence-electron chi connectivity index (χ4n) is 2.30. The van der Waals surface area contributed by atoms with Crippen molar-refractivity contribution >= 4 is 14.9 Å².